The van der Waals surface area contributed by atoms with E-state index in [1.54, 1.807) is 7.11 Å². The predicted molar refractivity (Wildman–Crippen MR) is 89.6 cm³/mol. The van der Waals surface area contributed by atoms with Crippen molar-refractivity contribution in [2.24, 2.45) is 7.05 Å². The molecule has 1 amide bonds. The van der Waals surface area contributed by atoms with Crippen molar-refractivity contribution in [3.8, 4) is 5.75 Å². The normalized spacial score (nSPS) is 10.7. The number of methoxy groups -OCH3 is 1. The Hall–Kier alpha value is -2.82. The predicted octanol–water partition coefficient (Wildman–Crippen LogP) is 2.82. The van der Waals surface area contributed by atoms with E-state index in [0.29, 0.717) is 12.1 Å². The van der Waals surface area contributed by atoms with Gasteiger partial charge >= 0.3 is 0 Å². The molecule has 0 aliphatic carbocycles. The molecule has 0 spiro atoms. The lowest BCUT2D eigenvalue weighted by Gasteiger charge is -2.06. The van der Waals surface area contributed by atoms with E-state index in [0.717, 1.165) is 28.2 Å². The summed E-state index contributed by atoms with van der Waals surface area (Å²) in [7, 11) is 3.60. The molecule has 1 heterocycles. The highest BCUT2D eigenvalue weighted by molar-refractivity contribution is 5.97. The van der Waals surface area contributed by atoms with Gasteiger partial charge in [0, 0.05) is 19.2 Å². The fourth-order valence-electron chi connectivity index (χ4n) is 2.49. The summed E-state index contributed by atoms with van der Waals surface area (Å²) in [5.41, 5.74) is 3.49. The number of ether oxygens (including phenoxy) is 1. The summed E-state index contributed by atoms with van der Waals surface area (Å²) >= 11 is 0. The third-order valence-corrected chi connectivity index (χ3v) is 3.98. The number of aryl methyl sites for hydroxylation is 2. The van der Waals surface area contributed by atoms with Crippen LogP contribution >= 0.6 is 0 Å². The van der Waals surface area contributed by atoms with Crippen molar-refractivity contribution in [2.75, 3.05) is 7.11 Å². The van der Waals surface area contributed by atoms with E-state index < -0.39 is 0 Å². The first kappa shape index (κ1) is 15.1. The maximum Gasteiger partial charge on any atom is 0.251 e. The highest BCUT2D eigenvalue weighted by Crippen LogP contribution is 2.16. The maximum atomic E-state index is 12.3. The van der Waals surface area contributed by atoms with Crippen LogP contribution in [0.15, 0.2) is 42.5 Å². The summed E-state index contributed by atoms with van der Waals surface area (Å²) in [5.74, 6) is 1.62. The molecule has 2 aromatic carbocycles. The summed E-state index contributed by atoms with van der Waals surface area (Å²) in [6.45, 7) is 2.42. The lowest BCUT2D eigenvalue weighted by molar-refractivity contribution is 0.0951. The molecule has 0 unspecified atom stereocenters. The van der Waals surface area contributed by atoms with Crippen molar-refractivity contribution in [1.29, 1.82) is 0 Å². The van der Waals surface area contributed by atoms with Gasteiger partial charge in [0.05, 0.1) is 18.1 Å². The Morgan fingerprint density at radius 1 is 1.22 bits per heavy atom. The first-order valence-electron chi connectivity index (χ1n) is 7.42. The number of nitrogens with zero attached hydrogens (tertiary/aromatic N) is 2. The highest BCUT2D eigenvalue weighted by atomic mass is 16.5. The average Bonchev–Trinajstić information content (AvgIpc) is 2.87. The fraction of sp³-hybridized carbons (Fsp3) is 0.222. The summed E-state index contributed by atoms with van der Waals surface area (Å²) in [5, 5.41) is 2.92. The van der Waals surface area contributed by atoms with Gasteiger partial charge in [0.25, 0.3) is 5.91 Å². The molecule has 118 valence electrons. The van der Waals surface area contributed by atoms with Crippen molar-refractivity contribution < 1.29 is 9.53 Å². The van der Waals surface area contributed by atoms with Crippen LogP contribution < -0.4 is 10.1 Å². The summed E-state index contributed by atoms with van der Waals surface area (Å²) < 4.78 is 7.13. The lowest BCUT2D eigenvalue weighted by Crippen LogP contribution is -2.22. The van der Waals surface area contributed by atoms with Crippen LogP contribution in [0.4, 0.5) is 0 Å². The van der Waals surface area contributed by atoms with E-state index >= 15 is 0 Å². The minimum Gasteiger partial charge on any atom is -0.497 e. The number of fused-ring (bicyclic) bond motifs is 1. The fourth-order valence-corrected chi connectivity index (χ4v) is 2.49. The quantitative estimate of drug-likeness (QED) is 0.806. The number of carbonyl (C=O) groups excluding carboxylic acids is 1. The van der Waals surface area contributed by atoms with Gasteiger partial charge in [-0.2, -0.15) is 0 Å². The first-order valence-corrected chi connectivity index (χ1v) is 7.42. The van der Waals surface area contributed by atoms with Crippen molar-refractivity contribution in [2.45, 2.75) is 13.5 Å². The Morgan fingerprint density at radius 2 is 1.96 bits per heavy atom. The zero-order valence-electron chi connectivity index (χ0n) is 13.5. The molecule has 0 saturated carbocycles. The van der Waals surface area contributed by atoms with E-state index in [2.05, 4.69) is 10.3 Å². The van der Waals surface area contributed by atoms with Gasteiger partial charge in [0.2, 0.25) is 0 Å². The second-order valence-electron chi connectivity index (χ2n) is 5.45. The van der Waals surface area contributed by atoms with Crippen LogP contribution in [0, 0.1) is 6.92 Å². The van der Waals surface area contributed by atoms with Crippen LogP contribution in [0.25, 0.3) is 11.0 Å². The third-order valence-electron chi connectivity index (χ3n) is 3.98. The second-order valence-corrected chi connectivity index (χ2v) is 5.45. The number of hydrogen-bond acceptors (Lipinski definition) is 3. The molecule has 0 fully saturated rings. The number of amides is 1. The molecule has 0 bridgehead atoms. The first-order chi connectivity index (χ1) is 11.1. The number of aromatic nitrogens is 2. The van der Waals surface area contributed by atoms with Gasteiger partial charge in [-0.05, 0) is 42.8 Å². The molecular formula is C18H19N3O2. The molecule has 1 N–H and O–H groups in total. The number of hydrogen-bond donors (Lipinski definition) is 1. The Bertz CT molecular complexity index is 851. The zero-order chi connectivity index (χ0) is 16.4. The molecule has 5 heteroatoms. The Labute approximate surface area is 134 Å². The monoisotopic (exact) mass is 309 g/mol. The van der Waals surface area contributed by atoms with Gasteiger partial charge in [0.1, 0.15) is 11.6 Å². The Kier molecular flexibility index (Phi) is 4.02. The molecule has 3 aromatic rings. The van der Waals surface area contributed by atoms with Gasteiger partial charge in [-0.1, -0.05) is 12.1 Å². The smallest absolute Gasteiger partial charge is 0.251 e. The number of imidazole rings is 1. The topological polar surface area (TPSA) is 56.1 Å². The highest BCUT2D eigenvalue weighted by Gasteiger charge is 2.10. The second kappa shape index (κ2) is 6.12. The molecule has 3 rings (SSSR count). The number of carbonyl (C=O) groups is 1. The lowest BCUT2D eigenvalue weighted by atomic mass is 10.1. The third kappa shape index (κ3) is 3.04. The Morgan fingerprint density at radius 3 is 2.65 bits per heavy atom. The van der Waals surface area contributed by atoms with Crippen molar-refractivity contribution in [3.63, 3.8) is 0 Å². The average molecular weight is 309 g/mol. The molecule has 0 atom stereocenters. The van der Waals surface area contributed by atoms with E-state index in [9.17, 15) is 4.79 Å². The van der Waals surface area contributed by atoms with Crippen LogP contribution in [0.3, 0.4) is 0 Å². The van der Waals surface area contributed by atoms with E-state index in [-0.39, 0.29) is 5.91 Å². The van der Waals surface area contributed by atoms with Crippen LogP contribution in [-0.2, 0) is 13.6 Å². The number of benzene rings is 2. The van der Waals surface area contributed by atoms with Crippen LogP contribution in [-0.4, -0.2) is 22.6 Å². The van der Waals surface area contributed by atoms with Crippen molar-refractivity contribution in [3.05, 3.63) is 59.4 Å². The summed E-state index contributed by atoms with van der Waals surface area (Å²) in [4.78, 5) is 16.8. The minimum absolute atomic E-state index is 0.106. The minimum atomic E-state index is -0.106. The molecule has 0 saturated heterocycles. The van der Waals surface area contributed by atoms with Crippen molar-refractivity contribution in [1.82, 2.24) is 14.9 Å². The number of nitrogens with one attached hydrogen (secondary N) is 1. The summed E-state index contributed by atoms with van der Waals surface area (Å²) in [6, 6.07) is 13.2. The molecule has 1 aromatic heterocycles. The van der Waals surface area contributed by atoms with Crippen molar-refractivity contribution >= 4 is 16.9 Å². The molecule has 0 aliphatic rings. The van der Waals surface area contributed by atoms with E-state index in [1.165, 1.54) is 0 Å². The van der Waals surface area contributed by atoms with Gasteiger partial charge in [-0.3, -0.25) is 4.79 Å². The summed E-state index contributed by atoms with van der Waals surface area (Å²) in [6.07, 6.45) is 0. The SMILES string of the molecule is COc1ccc(CNC(=O)c2ccc3c(c2)nc(C)n3C)cc1. The zero-order valence-corrected chi connectivity index (χ0v) is 13.5. The molecule has 0 aliphatic heterocycles. The van der Waals surface area contributed by atoms with Crippen LogP contribution in [0.1, 0.15) is 21.7 Å². The molecular weight excluding hydrogens is 290 g/mol. The maximum absolute atomic E-state index is 12.3. The van der Waals surface area contributed by atoms with Crippen LogP contribution in [0.2, 0.25) is 0 Å². The number of rotatable bonds is 4. The van der Waals surface area contributed by atoms with Gasteiger partial charge in [0.15, 0.2) is 0 Å². The standard InChI is InChI=1S/C18H19N3O2/c1-12-20-16-10-14(6-9-17(16)21(12)2)18(22)19-11-13-4-7-15(23-3)8-5-13/h4-10H,11H2,1-3H3,(H,19,22). The van der Waals surface area contributed by atoms with E-state index in [1.807, 2.05) is 61.0 Å². The molecule has 0 radical (unpaired) electrons. The van der Waals surface area contributed by atoms with Crippen LogP contribution in [0.5, 0.6) is 5.75 Å². The van der Waals surface area contributed by atoms with E-state index in [4.69, 9.17) is 4.74 Å². The Balaban J connectivity index is 1.72. The largest absolute Gasteiger partial charge is 0.497 e. The molecule has 23 heavy (non-hydrogen) atoms. The van der Waals surface area contributed by atoms with Gasteiger partial charge < -0.3 is 14.6 Å². The van der Waals surface area contributed by atoms with Gasteiger partial charge in [-0.15, -0.1) is 0 Å². The molecule has 5 nitrogen and oxygen atoms in total. The van der Waals surface area contributed by atoms with Gasteiger partial charge in [-0.25, -0.2) is 4.98 Å².